The van der Waals surface area contributed by atoms with Gasteiger partial charge in [-0.2, -0.15) is 0 Å². The van der Waals surface area contributed by atoms with Crippen molar-refractivity contribution >= 4 is 33.3 Å². The Balaban J connectivity index is 2.51. The summed E-state index contributed by atoms with van der Waals surface area (Å²) in [5.74, 6) is -1.80. The summed E-state index contributed by atoms with van der Waals surface area (Å²) in [7, 11) is 0. The quantitative estimate of drug-likeness (QED) is 0.734. The van der Waals surface area contributed by atoms with E-state index in [1.807, 2.05) is 0 Å². The van der Waals surface area contributed by atoms with Crippen LogP contribution in [0.25, 0.3) is 0 Å². The van der Waals surface area contributed by atoms with E-state index < -0.39 is 17.4 Å². The van der Waals surface area contributed by atoms with Gasteiger partial charge in [-0.15, -0.1) is 0 Å². The zero-order chi connectivity index (χ0) is 13.3. The summed E-state index contributed by atoms with van der Waals surface area (Å²) in [5, 5.41) is -0.0422. The molecule has 0 aliphatic heterocycles. The number of hydrogen-bond donors (Lipinski definition) is 0. The third kappa shape index (κ3) is 2.44. The second kappa shape index (κ2) is 5.16. The third-order valence-corrected chi connectivity index (χ3v) is 3.30. The normalized spacial score (nSPS) is 10.4. The average molecular weight is 332 g/mol. The van der Waals surface area contributed by atoms with E-state index in [4.69, 9.17) is 11.6 Å². The Morgan fingerprint density at radius 1 is 1.11 bits per heavy atom. The van der Waals surface area contributed by atoms with Gasteiger partial charge in [0.05, 0.1) is 15.1 Å². The van der Waals surface area contributed by atoms with E-state index in [2.05, 4.69) is 15.9 Å². The number of carbonyl (C=O) groups is 1. The first-order valence-electron chi connectivity index (χ1n) is 4.94. The fourth-order valence-corrected chi connectivity index (χ4v) is 2.12. The maximum atomic E-state index is 13.8. The van der Waals surface area contributed by atoms with Crippen LogP contribution in [-0.4, -0.2) is 5.78 Å². The first kappa shape index (κ1) is 13.2. The molecule has 0 atom stereocenters. The minimum absolute atomic E-state index is 0.0422. The topological polar surface area (TPSA) is 17.1 Å². The van der Waals surface area contributed by atoms with Crippen LogP contribution in [0.15, 0.2) is 40.9 Å². The lowest BCUT2D eigenvalue weighted by Gasteiger charge is -2.06. The molecule has 2 aromatic carbocycles. The van der Waals surface area contributed by atoms with Gasteiger partial charge in [-0.05, 0) is 46.3 Å². The van der Waals surface area contributed by atoms with E-state index in [0.29, 0.717) is 0 Å². The molecule has 18 heavy (non-hydrogen) atoms. The van der Waals surface area contributed by atoms with Crippen molar-refractivity contribution in [3.8, 4) is 0 Å². The maximum absolute atomic E-state index is 13.8. The summed E-state index contributed by atoms with van der Waals surface area (Å²) in [4.78, 5) is 12.1. The number of benzene rings is 2. The molecule has 0 spiro atoms. The van der Waals surface area contributed by atoms with Crippen molar-refractivity contribution in [2.75, 3.05) is 0 Å². The van der Waals surface area contributed by atoms with Gasteiger partial charge in [0.25, 0.3) is 0 Å². The highest BCUT2D eigenvalue weighted by atomic mass is 79.9. The minimum atomic E-state index is -0.664. The first-order chi connectivity index (χ1) is 8.50. The number of rotatable bonds is 2. The number of ketones is 1. The third-order valence-electron chi connectivity index (χ3n) is 2.37. The second-order valence-corrected chi connectivity index (χ2v) is 4.82. The van der Waals surface area contributed by atoms with E-state index in [9.17, 15) is 13.6 Å². The van der Waals surface area contributed by atoms with Crippen molar-refractivity contribution in [1.82, 2.24) is 0 Å². The second-order valence-electron chi connectivity index (χ2n) is 3.55. The lowest BCUT2D eigenvalue weighted by molar-refractivity contribution is 0.103. The molecular formula is C13H6BrClF2O. The van der Waals surface area contributed by atoms with Crippen LogP contribution in [0.4, 0.5) is 8.78 Å². The summed E-state index contributed by atoms with van der Waals surface area (Å²) in [5.41, 5.74) is -0.0482. The Labute approximate surface area is 116 Å². The van der Waals surface area contributed by atoms with Gasteiger partial charge in [-0.3, -0.25) is 4.79 Å². The van der Waals surface area contributed by atoms with Crippen molar-refractivity contribution in [3.05, 3.63) is 68.7 Å². The van der Waals surface area contributed by atoms with E-state index in [1.165, 1.54) is 24.3 Å². The highest BCUT2D eigenvalue weighted by Crippen LogP contribution is 2.24. The molecule has 0 fully saturated rings. The van der Waals surface area contributed by atoms with E-state index >= 15 is 0 Å². The maximum Gasteiger partial charge on any atom is 0.197 e. The SMILES string of the molecule is O=C(c1ccc(F)cc1Cl)c1cccc(Br)c1F. The number of hydrogen-bond acceptors (Lipinski definition) is 1. The molecule has 0 saturated carbocycles. The summed E-state index contributed by atoms with van der Waals surface area (Å²) < 4.78 is 26.8. The number of halogens is 4. The predicted octanol–water partition coefficient (Wildman–Crippen LogP) is 4.61. The molecule has 0 aliphatic carbocycles. The van der Waals surface area contributed by atoms with Gasteiger partial charge >= 0.3 is 0 Å². The molecule has 1 nitrogen and oxygen atoms in total. The summed E-state index contributed by atoms with van der Waals surface area (Å²) in [6.07, 6.45) is 0. The summed E-state index contributed by atoms with van der Waals surface area (Å²) >= 11 is 8.77. The van der Waals surface area contributed by atoms with Crippen LogP contribution in [-0.2, 0) is 0 Å². The lowest BCUT2D eigenvalue weighted by Crippen LogP contribution is -2.05. The van der Waals surface area contributed by atoms with E-state index in [1.54, 1.807) is 0 Å². The molecular weight excluding hydrogens is 325 g/mol. The van der Waals surface area contributed by atoms with Crippen LogP contribution >= 0.6 is 27.5 Å². The summed E-state index contributed by atoms with van der Waals surface area (Å²) in [6, 6.07) is 7.73. The summed E-state index contributed by atoms with van der Waals surface area (Å²) in [6.45, 7) is 0. The Kier molecular flexibility index (Phi) is 3.78. The largest absolute Gasteiger partial charge is 0.288 e. The standard InChI is InChI=1S/C13H6BrClF2O/c14-10-3-1-2-9(12(10)17)13(18)8-5-4-7(16)6-11(8)15/h1-6H. The predicted molar refractivity (Wildman–Crippen MR) is 68.9 cm³/mol. The molecule has 0 bridgehead atoms. The molecule has 2 rings (SSSR count). The molecule has 0 saturated heterocycles. The van der Waals surface area contributed by atoms with Crippen LogP contribution < -0.4 is 0 Å². The molecule has 0 aliphatic rings. The Morgan fingerprint density at radius 3 is 2.50 bits per heavy atom. The van der Waals surface area contributed by atoms with Crippen LogP contribution in [0.2, 0.25) is 5.02 Å². The fraction of sp³-hybridized carbons (Fsp3) is 0. The Bertz CT molecular complexity index is 628. The first-order valence-corrected chi connectivity index (χ1v) is 6.11. The zero-order valence-corrected chi connectivity index (χ0v) is 11.2. The molecule has 0 amide bonds. The zero-order valence-electron chi connectivity index (χ0n) is 8.88. The molecule has 5 heteroatoms. The van der Waals surface area contributed by atoms with Crippen LogP contribution in [0.3, 0.4) is 0 Å². The molecule has 0 unspecified atom stereocenters. The van der Waals surface area contributed by atoms with Gasteiger partial charge in [0.2, 0.25) is 0 Å². The molecule has 0 N–H and O–H groups in total. The average Bonchev–Trinajstić information content (AvgIpc) is 2.32. The highest BCUT2D eigenvalue weighted by Gasteiger charge is 2.18. The van der Waals surface area contributed by atoms with Gasteiger partial charge in [-0.1, -0.05) is 17.7 Å². The van der Waals surface area contributed by atoms with Crippen LogP contribution in [0.1, 0.15) is 15.9 Å². The van der Waals surface area contributed by atoms with Gasteiger partial charge in [-0.25, -0.2) is 8.78 Å². The molecule has 0 aromatic heterocycles. The molecule has 92 valence electrons. The van der Waals surface area contributed by atoms with Gasteiger partial charge < -0.3 is 0 Å². The van der Waals surface area contributed by atoms with Crippen molar-refractivity contribution in [2.24, 2.45) is 0 Å². The van der Waals surface area contributed by atoms with Gasteiger partial charge in [0, 0.05) is 5.56 Å². The molecule has 2 aromatic rings. The molecule has 0 radical (unpaired) electrons. The van der Waals surface area contributed by atoms with E-state index in [-0.39, 0.29) is 20.6 Å². The van der Waals surface area contributed by atoms with Crippen molar-refractivity contribution in [3.63, 3.8) is 0 Å². The molecule has 0 heterocycles. The Hall–Kier alpha value is -1.26. The van der Waals surface area contributed by atoms with Gasteiger partial charge in [0.15, 0.2) is 5.78 Å². The highest BCUT2D eigenvalue weighted by molar-refractivity contribution is 9.10. The van der Waals surface area contributed by atoms with Crippen molar-refractivity contribution in [1.29, 1.82) is 0 Å². The van der Waals surface area contributed by atoms with Crippen molar-refractivity contribution in [2.45, 2.75) is 0 Å². The van der Waals surface area contributed by atoms with Crippen LogP contribution in [0, 0.1) is 11.6 Å². The lowest BCUT2D eigenvalue weighted by atomic mass is 10.0. The fourth-order valence-electron chi connectivity index (χ4n) is 1.50. The Morgan fingerprint density at radius 2 is 1.83 bits per heavy atom. The van der Waals surface area contributed by atoms with Crippen LogP contribution in [0.5, 0.6) is 0 Å². The monoisotopic (exact) mass is 330 g/mol. The minimum Gasteiger partial charge on any atom is -0.288 e. The van der Waals surface area contributed by atoms with Crippen molar-refractivity contribution < 1.29 is 13.6 Å². The van der Waals surface area contributed by atoms with E-state index in [0.717, 1.165) is 12.1 Å². The smallest absolute Gasteiger partial charge is 0.197 e. The van der Waals surface area contributed by atoms with Gasteiger partial charge in [0.1, 0.15) is 11.6 Å². The number of carbonyl (C=O) groups excluding carboxylic acids is 1.